The Kier molecular flexibility index (Phi) is 5.87. The Morgan fingerprint density at radius 2 is 2.04 bits per heavy atom. The Morgan fingerprint density at radius 1 is 1.25 bits per heavy atom. The number of thioether (sulfide) groups is 2. The normalized spacial score (nSPS) is 15.4. The van der Waals surface area contributed by atoms with E-state index in [9.17, 15) is 5.21 Å². The average molecular weight is 361 g/mol. The molecule has 1 aliphatic heterocycles. The van der Waals surface area contributed by atoms with Crippen molar-refractivity contribution < 1.29 is 9.94 Å². The number of amidine groups is 1. The van der Waals surface area contributed by atoms with Gasteiger partial charge in [0.25, 0.3) is 0 Å². The molecule has 0 saturated carbocycles. The number of pyridine rings is 1. The van der Waals surface area contributed by atoms with E-state index in [2.05, 4.69) is 15.0 Å². The fourth-order valence-electron chi connectivity index (χ4n) is 2.51. The second-order valence-corrected chi connectivity index (χ2v) is 7.20. The summed E-state index contributed by atoms with van der Waals surface area (Å²) >= 11 is 3.52. The standard InChI is InChI=1S/C17H19N3O2S2/c1-23-15-7-3-2-6-14(15)22-17-13(5-4-8-18-17)16(19-21)20-9-11-24-12-10-20/h2-8,21H,9-12H2,1H3/b19-16-. The van der Waals surface area contributed by atoms with Gasteiger partial charge in [-0.05, 0) is 30.5 Å². The molecule has 0 aliphatic carbocycles. The molecule has 2 aromatic rings. The quantitative estimate of drug-likeness (QED) is 0.294. The van der Waals surface area contributed by atoms with Gasteiger partial charge in [-0.1, -0.05) is 17.3 Å². The van der Waals surface area contributed by atoms with Crippen molar-refractivity contribution in [1.82, 2.24) is 9.88 Å². The van der Waals surface area contributed by atoms with E-state index in [4.69, 9.17) is 4.74 Å². The van der Waals surface area contributed by atoms with Crippen LogP contribution in [0.5, 0.6) is 11.6 Å². The Hall–Kier alpha value is -1.86. The van der Waals surface area contributed by atoms with Crippen LogP contribution in [-0.2, 0) is 0 Å². The molecule has 0 spiro atoms. The third kappa shape index (κ3) is 3.79. The largest absolute Gasteiger partial charge is 0.437 e. The highest BCUT2D eigenvalue weighted by Crippen LogP contribution is 2.32. The summed E-state index contributed by atoms with van der Waals surface area (Å²) in [5.74, 6) is 3.75. The summed E-state index contributed by atoms with van der Waals surface area (Å²) < 4.78 is 6.05. The lowest BCUT2D eigenvalue weighted by molar-refractivity contribution is 0.303. The maximum absolute atomic E-state index is 9.58. The van der Waals surface area contributed by atoms with E-state index in [-0.39, 0.29) is 0 Å². The lowest BCUT2D eigenvalue weighted by Gasteiger charge is -2.29. The smallest absolute Gasteiger partial charge is 0.230 e. The van der Waals surface area contributed by atoms with Crippen LogP contribution in [-0.4, -0.2) is 51.8 Å². The zero-order valence-electron chi connectivity index (χ0n) is 13.4. The van der Waals surface area contributed by atoms with Crippen LogP contribution in [0.3, 0.4) is 0 Å². The molecule has 7 heteroatoms. The van der Waals surface area contributed by atoms with Crippen LogP contribution in [0.15, 0.2) is 52.6 Å². The molecule has 0 radical (unpaired) electrons. The summed E-state index contributed by atoms with van der Waals surface area (Å²) in [6, 6.07) is 11.5. The number of hydrogen-bond donors (Lipinski definition) is 1. The lowest BCUT2D eigenvalue weighted by Crippen LogP contribution is -2.38. The first kappa shape index (κ1) is 17.0. The van der Waals surface area contributed by atoms with Crippen molar-refractivity contribution in [3.8, 4) is 11.6 Å². The molecule has 0 bridgehead atoms. The van der Waals surface area contributed by atoms with Crippen LogP contribution in [0.1, 0.15) is 5.56 Å². The highest BCUT2D eigenvalue weighted by Gasteiger charge is 2.22. The topological polar surface area (TPSA) is 58.0 Å². The van der Waals surface area contributed by atoms with Crippen molar-refractivity contribution in [2.75, 3.05) is 30.9 Å². The molecule has 126 valence electrons. The molecule has 1 aromatic carbocycles. The molecule has 5 nitrogen and oxygen atoms in total. The van der Waals surface area contributed by atoms with Gasteiger partial charge in [-0.3, -0.25) is 0 Å². The summed E-state index contributed by atoms with van der Waals surface area (Å²) in [6.45, 7) is 1.69. The van der Waals surface area contributed by atoms with Crippen molar-refractivity contribution in [2.45, 2.75) is 4.90 Å². The molecule has 1 aliphatic rings. The zero-order chi connectivity index (χ0) is 16.8. The Balaban J connectivity index is 1.92. The molecule has 24 heavy (non-hydrogen) atoms. The number of para-hydroxylation sites is 1. The van der Waals surface area contributed by atoms with Gasteiger partial charge in [0.15, 0.2) is 5.84 Å². The minimum absolute atomic E-state index is 0.449. The van der Waals surface area contributed by atoms with Gasteiger partial charge in [0.1, 0.15) is 5.75 Å². The highest BCUT2D eigenvalue weighted by atomic mass is 32.2. The van der Waals surface area contributed by atoms with Gasteiger partial charge in [-0.15, -0.1) is 11.8 Å². The van der Waals surface area contributed by atoms with Crippen LogP contribution in [0.4, 0.5) is 0 Å². The fraction of sp³-hybridized carbons (Fsp3) is 0.294. The number of ether oxygens (including phenoxy) is 1. The first-order valence-electron chi connectivity index (χ1n) is 7.64. The van der Waals surface area contributed by atoms with Crippen LogP contribution in [0.2, 0.25) is 0 Å². The predicted octanol–water partition coefficient (Wildman–Crippen LogP) is 3.78. The molecule has 1 fully saturated rings. The molecule has 0 unspecified atom stereocenters. The molecule has 1 saturated heterocycles. The summed E-state index contributed by atoms with van der Waals surface area (Å²) in [6.07, 6.45) is 3.69. The van der Waals surface area contributed by atoms with Crippen LogP contribution in [0.25, 0.3) is 0 Å². The number of benzene rings is 1. The molecule has 1 N–H and O–H groups in total. The van der Waals surface area contributed by atoms with Gasteiger partial charge in [0, 0.05) is 35.7 Å². The monoisotopic (exact) mass is 361 g/mol. The molecular weight excluding hydrogens is 342 g/mol. The summed E-state index contributed by atoms with van der Waals surface area (Å²) in [7, 11) is 0. The lowest BCUT2D eigenvalue weighted by atomic mass is 10.2. The van der Waals surface area contributed by atoms with Gasteiger partial charge in [0.2, 0.25) is 5.88 Å². The number of nitrogens with zero attached hydrogens (tertiary/aromatic N) is 3. The van der Waals surface area contributed by atoms with E-state index in [1.807, 2.05) is 54.4 Å². The predicted molar refractivity (Wildman–Crippen MR) is 99.8 cm³/mol. The second kappa shape index (κ2) is 8.30. The van der Waals surface area contributed by atoms with Crippen molar-refractivity contribution in [1.29, 1.82) is 0 Å². The van der Waals surface area contributed by atoms with E-state index in [1.165, 1.54) is 0 Å². The Bertz CT molecular complexity index is 718. The van der Waals surface area contributed by atoms with E-state index in [0.717, 1.165) is 35.2 Å². The summed E-state index contributed by atoms with van der Waals surface area (Å²) in [5, 5.41) is 13.1. The zero-order valence-corrected chi connectivity index (χ0v) is 15.0. The highest BCUT2D eigenvalue weighted by molar-refractivity contribution is 7.99. The molecule has 0 amide bonds. The SMILES string of the molecule is CSc1ccccc1Oc1ncccc1/C(=N/O)N1CCSCC1. The number of hydrogen-bond acceptors (Lipinski definition) is 6. The van der Waals surface area contributed by atoms with Crippen molar-refractivity contribution >= 4 is 29.4 Å². The maximum Gasteiger partial charge on any atom is 0.230 e. The number of aromatic nitrogens is 1. The van der Waals surface area contributed by atoms with Gasteiger partial charge in [-0.2, -0.15) is 11.8 Å². The van der Waals surface area contributed by atoms with Crippen molar-refractivity contribution in [3.63, 3.8) is 0 Å². The summed E-state index contributed by atoms with van der Waals surface area (Å²) in [5.41, 5.74) is 0.697. The Morgan fingerprint density at radius 3 is 2.79 bits per heavy atom. The van der Waals surface area contributed by atoms with Gasteiger partial charge >= 0.3 is 0 Å². The first-order chi connectivity index (χ1) is 11.8. The van der Waals surface area contributed by atoms with Crippen LogP contribution >= 0.6 is 23.5 Å². The van der Waals surface area contributed by atoms with Gasteiger partial charge in [-0.25, -0.2) is 4.98 Å². The van der Waals surface area contributed by atoms with Crippen molar-refractivity contribution in [3.05, 3.63) is 48.2 Å². The average Bonchev–Trinajstić information content (AvgIpc) is 2.65. The Labute approximate surface area is 150 Å². The minimum atomic E-state index is 0.449. The maximum atomic E-state index is 9.58. The number of rotatable bonds is 4. The van der Waals surface area contributed by atoms with E-state index in [1.54, 1.807) is 18.0 Å². The molecule has 3 rings (SSSR count). The first-order valence-corrected chi connectivity index (χ1v) is 10.0. The molecular formula is C17H19N3O2S2. The molecule has 0 atom stereocenters. The van der Waals surface area contributed by atoms with Crippen molar-refractivity contribution in [2.24, 2.45) is 5.16 Å². The molecule has 2 heterocycles. The van der Waals surface area contributed by atoms with E-state index < -0.39 is 0 Å². The summed E-state index contributed by atoms with van der Waals surface area (Å²) in [4.78, 5) is 7.46. The fourth-order valence-corrected chi connectivity index (χ4v) is 3.94. The van der Waals surface area contributed by atoms with Crippen LogP contribution < -0.4 is 4.74 Å². The van der Waals surface area contributed by atoms with Crippen LogP contribution in [0, 0.1) is 0 Å². The second-order valence-electron chi connectivity index (χ2n) is 5.13. The molecule has 1 aromatic heterocycles. The van der Waals surface area contributed by atoms with E-state index in [0.29, 0.717) is 17.3 Å². The number of oxime groups is 1. The third-order valence-corrected chi connectivity index (χ3v) is 5.41. The van der Waals surface area contributed by atoms with Gasteiger partial charge < -0.3 is 14.8 Å². The minimum Gasteiger partial charge on any atom is -0.437 e. The van der Waals surface area contributed by atoms with Gasteiger partial charge in [0.05, 0.1) is 5.56 Å². The van der Waals surface area contributed by atoms with E-state index >= 15 is 0 Å². The third-order valence-electron chi connectivity index (χ3n) is 3.69.